The Labute approximate surface area is 126 Å². The minimum Gasteiger partial charge on any atom is -0.466 e. The molecule has 3 aromatic rings. The highest BCUT2D eigenvalue weighted by Crippen LogP contribution is 2.30. The van der Waals surface area contributed by atoms with Crippen LogP contribution in [0.4, 0.5) is 11.8 Å². The molecule has 110 valence electrons. The minimum atomic E-state index is 0.0751. The maximum absolute atomic E-state index is 5.59. The standard InChI is InChI=1S/C14H17N5OS/c1-7-6-11(9(3)20-7)8(2)16-12-10-4-5-21-13(10)18-14(17-12)19-15/h4-6,8H,15H2,1-3H3,(H2,16,17,18,19). The molecule has 0 radical (unpaired) electrons. The van der Waals surface area contributed by atoms with Crippen LogP contribution in [0.1, 0.15) is 30.0 Å². The topological polar surface area (TPSA) is 89.0 Å². The van der Waals surface area contributed by atoms with Crippen LogP contribution in [0.25, 0.3) is 10.2 Å². The van der Waals surface area contributed by atoms with Gasteiger partial charge in [-0.15, -0.1) is 11.3 Å². The molecule has 0 saturated carbocycles. The quantitative estimate of drug-likeness (QED) is 0.506. The number of furan rings is 1. The Morgan fingerprint density at radius 1 is 1.33 bits per heavy atom. The van der Waals surface area contributed by atoms with E-state index in [-0.39, 0.29) is 6.04 Å². The maximum atomic E-state index is 5.59. The van der Waals surface area contributed by atoms with Crippen molar-refractivity contribution < 1.29 is 4.42 Å². The van der Waals surface area contributed by atoms with Gasteiger partial charge in [-0.1, -0.05) is 0 Å². The highest BCUT2D eigenvalue weighted by Gasteiger charge is 2.16. The van der Waals surface area contributed by atoms with Crippen molar-refractivity contribution in [2.45, 2.75) is 26.8 Å². The number of anilines is 2. The smallest absolute Gasteiger partial charge is 0.240 e. The number of fused-ring (bicyclic) bond motifs is 1. The number of hydrogen-bond acceptors (Lipinski definition) is 7. The lowest BCUT2D eigenvalue weighted by Gasteiger charge is -2.15. The maximum Gasteiger partial charge on any atom is 0.240 e. The van der Waals surface area contributed by atoms with Gasteiger partial charge in [0.25, 0.3) is 0 Å². The van der Waals surface area contributed by atoms with Gasteiger partial charge in [0.2, 0.25) is 5.95 Å². The number of rotatable bonds is 4. The first-order valence-electron chi connectivity index (χ1n) is 6.64. The van der Waals surface area contributed by atoms with Crippen molar-refractivity contribution in [2.24, 2.45) is 5.84 Å². The second kappa shape index (κ2) is 5.34. The molecule has 0 aliphatic heterocycles. The second-order valence-electron chi connectivity index (χ2n) is 4.91. The van der Waals surface area contributed by atoms with Gasteiger partial charge in [-0.25, -0.2) is 10.8 Å². The van der Waals surface area contributed by atoms with Crippen LogP contribution in [-0.2, 0) is 0 Å². The highest BCUT2D eigenvalue weighted by atomic mass is 32.1. The summed E-state index contributed by atoms with van der Waals surface area (Å²) in [5.41, 5.74) is 3.63. The average Bonchev–Trinajstić information content (AvgIpc) is 3.04. The number of aryl methyl sites for hydroxylation is 2. The molecule has 3 heterocycles. The molecule has 6 nitrogen and oxygen atoms in total. The SMILES string of the molecule is Cc1cc(C(C)Nc2nc(NN)nc3sccc23)c(C)o1. The molecule has 3 aromatic heterocycles. The summed E-state index contributed by atoms with van der Waals surface area (Å²) in [4.78, 5) is 9.64. The van der Waals surface area contributed by atoms with Crippen LogP contribution in [0.15, 0.2) is 21.9 Å². The van der Waals surface area contributed by atoms with Gasteiger partial charge in [0, 0.05) is 5.56 Å². The Balaban J connectivity index is 1.97. The molecule has 21 heavy (non-hydrogen) atoms. The summed E-state index contributed by atoms with van der Waals surface area (Å²) in [6.07, 6.45) is 0. The molecule has 0 spiro atoms. The van der Waals surface area contributed by atoms with E-state index in [1.807, 2.05) is 31.4 Å². The first-order valence-corrected chi connectivity index (χ1v) is 7.51. The molecule has 7 heteroatoms. The molecule has 0 bridgehead atoms. The number of aromatic nitrogens is 2. The summed E-state index contributed by atoms with van der Waals surface area (Å²) in [6, 6.07) is 4.12. The molecule has 0 fully saturated rings. The number of thiophene rings is 1. The van der Waals surface area contributed by atoms with Crippen molar-refractivity contribution in [3.05, 3.63) is 34.6 Å². The first-order chi connectivity index (χ1) is 10.1. The zero-order valence-electron chi connectivity index (χ0n) is 12.1. The minimum absolute atomic E-state index is 0.0751. The molecular formula is C14H17N5OS. The van der Waals surface area contributed by atoms with E-state index in [0.717, 1.165) is 33.1 Å². The van der Waals surface area contributed by atoms with E-state index >= 15 is 0 Å². The number of nitrogens with two attached hydrogens (primary N) is 1. The second-order valence-corrected chi connectivity index (χ2v) is 5.81. The fourth-order valence-electron chi connectivity index (χ4n) is 2.39. The van der Waals surface area contributed by atoms with Crippen molar-refractivity contribution in [1.82, 2.24) is 9.97 Å². The average molecular weight is 303 g/mol. The molecule has 0 aromatic carbocycles. The predicted octanol–water partition coefficient (Wildman–Crippen LogP) is 3.36. The highest BCUT2D eigenvalue weighted by molar-refractivity contribution is 7.16. The Morgan fingerprint density at radius 2 is 2.14 bits per heavy atom. The van der Waals surface area contributed by atoms with E-state index in [1.165, 1.54) is 0 Å². The molecule has 4 N–H and O–H groups in total. The van der Waals surface area contributed by atoms with Gasteiger partial charge in [-0.2, -0.15) is 4.98 Å². The lowest BCUT2D eigenvalue weighted by molar-refractivity contribution is 0.500. The molecule has 1 atom stereocenters. The van der Waals surface area contributed by atoms with Gasteiger partial charge >= 0.3 is 0 Å². The molecule has 0 aliphatic rings. The largest absolute Gasteiger partial charge is 0.466 e. The van der Waals surface area contributed by atoms with E-state index in [2.05, 4.69) is 27.6 Å². The number of nitrogen functional groups attached to an aromatic ring is 1. The van der Waals surface area contributed by atoms with E-state index < -0.39 is 0 Å². The van der Waals surface area contributed by atoms with Crippen LogP contribution in [0.3, 0.4) is 0 Å². The van der Waals surface area contributed by atoms with Gasteiger partial charge < -0.3 is 9.73 Å². The first kappa shape index (κ1) is 13.8. The Kier molecular flexibility index (Phi) is 3.52. The van der Waals surface area contributed by atoms with E-state index in [1.54, 1.807) is 11.3 Å². The molecule has 1 unspecified atom stereocenters. The summed E-state index contributed by atoms with van der Waals surface area (Å²) < 4.78 is 5.59. The van der Waals surface area contributed by atoms with Gasteiger partial charge in [-0.05, 0) is 38.3 Å². The zero-order chi connectivity index (χ0) is 15.0. The third kappa shape index (κ3) is 2.57. The Bertz CT molecular complexity index is 779. The van der Waals surface area contributed by atoms with Crippen LogP contribution in [0.5, 0.6) is 0 Å². The van der Waals surface area contributed by atoms with Crippen molar-refractivity contribution in [2.75, 3.05) is 10.7 Å². The fourth-order valence-corrected chi connectivity index (χ4v) is 3.16. The van der Waals surface area contributed by atoms with Gasteiger partial charge in [0.1, 0.15) is 22.2 Å². The molecule has 0 amide bonds. The van der Waals surface area contributed by atoms with Crippen molar-refractivity contribution in [3.8, 4) is 0 Å². The summed E-state index contributed by atoms with van der Waals surface area (Å²) in [6.45, 7) is 5.99. The van der Waals surface area contributed by atoms with Gasteiger partial charge in [0.05, 0.1) is 11.4 Å². The summed E-state index contributed by atoms with van der Waals surface area (Å²) in [5, 5.41) is 6.39. The van der Waals surface area contributed by atoms with E-state index in [4.69, 9.17) is 10.3 Å². The van der Waals surface area contributed by atoms with Gasteiger partial charge in [0.15, 0.2) is 0 Å². The number of hydrazine groups is 1. The van der Waals surface area contributed by atoms with E-state index in [9.17, 15) is 0 Å². The summed E-state index contributed by atoms with van der Waals surface area (Å²) >= 11 is 1.56. The third-order valence-corrected chi connectivity index (χ3v) is 4.16. The van der Waals surface area contributed by atoms with Crippen LogP contribution in [0, 0.1) is 13.8 Å². The van der Waals surface area contributed by atoms with Crippen LogP contribution in [0.2, 0.25) is 0 Å². The van der Waals surface area contributed by atoms with E-state index in [0.29, 0.717) is 5.95 Å². The van der Waals surface area contributed by atoms with Crippen molar-refractivity contribution in [3.63, 3.8) is 0 Å². The lowest BCUT2D eigenvalue weighted by atomic mass is 10.1. The monoisotopic (exact) mass is 303 g/mol. The molecule has 0 saturated heterocycles. The normalized spacial score (nSPS) is 12.6. The summed E-state index contributed by atoms with van der Waals surface area (Å²) in [5.74, 6) is 8.42. The number of nitrogens with one attached hydrogen (secondary N) is 2. The summed E-state index contributed by atoms with van der Waals surface area (Å²) in [7, 11) is 0. The third-order valence-electron chi connectivity index (χ3n) is 3.35. The molecule has 0 aliphatic carbocycles. The van der Waals surface area contributed by atoms with Crippen LogP contribution in [-0.4, -0.2) is 9.97 Å². The van der Waals surface area contributed by atoms with Gasteiger partial charge in [-0.3, -0.25) is 5.43 Å². The molecular weight excluding hydrogens is 286 g/mol. The zero-order valence-corrected chi connectivity index (χ0v) is 12.9. The van der Waals surface area contributed by atoms with Crippen molar-refractivity contribution in [1.29, 1.82) is 0 Å². The Hall–Kier alpha value is -2.12. The fraction of sp³-hybridized carbons (Fsp3) is 0.286. The van der Waals surface area contributed by atoms with Crippen LogP contribution < -0.4 is 16.6 Å². The van der Waals surface area contributed by atoms with Crippen LogP contribution >= 0.6 is 11.3 Å². The molecule has 3 rings (SSSR count). The predicted molar refractivity (Wildman–Crippen MR) is 85.4 cm³/mol. The lowest BCUT2D eigenvalue weighted by Crippen LogP contribution is -2.13. The number of nitrogens with zero attached hydrogens (tertiary/aromatic N) is 2. The van der Waals surface area contributed by atoms with Crippen molar-refractivity contribution >= 4 is 33.3 Å². The number of hydrogen-bond donors (Lipinski definition) is 3. The Morgan fingerprint density at radius 3 is 2.81 bits per heavy atom.